The highest BCUT2D eigenvalue weighted by Crippen LogP contribution is 2.16. The molecule has 0 saturated heterocycles. The normalized spacial score (nSPS) is 14.1. The van der Waals surface area contributed by atoms with E-state index in [0.29, 0.717) is 11.7 Å². The third-order valence-electron chi connectivity index (χ3n) is 2.55. The van der Waals surface area contributed by atoms with E-state index in [1.54, 1.807) is 0 Å². The molecular formula is C13H18N2S. The van der Waals surface area contributed by atoms with Crippen LogP contribution in [0, 0.1) is 11.3 Å². The standard InChI is InChI=1S/C13H18N2S/c1-11(16-2)10-15-13(8-9-14)12-6-4-3-5-7-12/h3-7,11,13,15H,8,10H2,1-2H3. The minimum atomic E-state index is 0.154. The quantitative estimate of drug-likeness (QED) is 0.822. The van der Waals surface area contributed by atoms with Crippen molar-refractivity contribution in [1.29, 1.82) is 5.26 Å². The summed E-state index contributed by atoms with van der Waals surface area (Å²) >= 11 is 1.83. The Hall–Kier alpha value is -0.980. The third-order valence-corrected chi connectivity index (χ3v) is 3.52. The highest BCUT2D eigenvalue weighted by atomic mass is 32.2. The monoisotopic (exact) mass is 234 g/mol. The minimum Gasteiger partial charge on any atom is -0.308 e. The molecule has 1 aromatic carbocycles. The second kappa shape index (κ2) is 7.32. The number of nitrogens with one attached hydrogen (secondary N) is 1. The number of thioether (sulfide) groups is 1. The van der Waals surface area contributed by atoms with Gasteiger partial charge in [-0.3, -0.25) is 0 Å². The summed E-state index contributed by atoms with van der Waals surface area (Å²) in [6.07, 6.45) is 2.62. The molecule has 0 bridgehead atoms. The van der Waals surface area contributed by atoms with Crippen molar-refractivity contribution >= 4 is 11.8 Å². The molecule has 0 fully saturated rings. The van der Waals surface area contributed by atoms with E-state index in [-0.39, 0.29) is 6.04 Å². The van der Waals surface area contributed by atoms with Crippen molar-refractivity contribution in [2.45, 2.75) is 24.6 Å². The summed E-state index contributed by atoms with van der Waals surface area (Å²) in [6.45, 7) is 3.12. The summed E-state index contributed by atoms with van der Waals surface area (Å²) in [5.74, 6) is 0. The lowest BCUT2D eigenvalue weighted by Gasteiger charge is -2.18. The maximum absolute atomic E-state index is 8.83. The molecule has 0 saturated carbocycles. The first-order valence-corrected chi connectivity index (χ1v) is 6.74. The van der Waals surface area contributed by atoms with Gasteiger partial charge in [-0.25, -0.2) is 0 Å². The molecule has 3 heteroatoms. The van der Waals surface area contributed by atoms with Crippen LogP contribution in [0.25, 0.3) is 0 Å². The van der Waals surface area contributed by atoms with Gasteiger partial charge in [0, 0.05) is 17.8 Å². The summed E-state index contributed by atoms with van der Waals surface area (Å²) < 4.78 is 0. The maximum Gasteiger partial charge on any atom is 0.0641 e. The van der Waals surface area contributed by atoms with Gasteiger partial charge in [0.1, 0.15) is 0 Å². The first-order chi connectivity index (χ1) is 7.77. The molecule has 2 nitrogen and oxygen atoms in total. The molecule has 2 unspecified atom stereocenters. The summed E-state index contributed by atoms with van der Waals surface area (Å²) in [4.78, 5) is 0. The van der Waals surface area contributed by atoms with Crippen LogP contribution in [0.4, 0.5) is 0 Å². The van der Waals surface area contributed by atoms with Gasteiger partial charge >= 0.3 is 0 Å². The minimum absolute atomic E-state index is 0.154. The number of hydrogen-bond donors (Lipinski definition) is 1. The molecule has 1 rings (SSSR count). The Labute approximate surface area is 102 Å². The van der Waals surface area contributed by atoms with Gasteiger partial charge in [-0.1, -0.05) is 37.3 Å². The average molecular weight is 234 g/mol. The van der Waals surface area contributed by atoms with Crippen molar-refractivity contribution in [3.63, 3.8) is 0 Å². The zero-order valence-corrected chi connectivity index (χ0v) is 10.6. The van der Waals surface area contributed by atoms with E-state index in [4.69, 9.17) is 5.26 Å². The SMILES string of the molecule is CSC(C)CNC(CC#N)c1ccccc1. The Morgan fingerprint density at radius 3 is 2.62 bits per heavy atom. The molecule has 0 spiro atoms. The summed E-state index contributed by atoms with van der Waals surface area (Å²) in [5, 5.41) is 12.8. The predicted molar refractivity (Wildman–Crippen MR) is 70.4 cm³/mol. The molecule has 0 aliphatic rings. The average Bonchev–Trinajstić information content (AvgIpc) is 2.35. The Bertz CT molecular complexity index is 332. The second-order valence-electron chi connectivity index (χ2n) is 3.78. The summed E-state index contributed by atoms with van der Waals surface area (Å²) in [7, 11) is 0. The molecule has 1 aromatic rings. The van der Waals surface area contributed by atoms with Gasteiger partial charge in [-0.15, -0.1) is 0 Å². The van der Waals surface area contributed by atoms with Gasteiger partial charge in [0.15, 0.2) is 0 Å². The van der Waals surface area contributed by atoms with Gasteiger partial charge in [-0.2, -0.15) is 17.0 Å². The van der Waals surface area contributed by atoms with Crippen molar-refractivity contribution in [2.75, 3.05) is 12.8 Å². The molecule has 1 N–H and O–H groups in total. The molecule has 0 aromatic heterocycles. The zero-order chi connectivity index (χ0) is 11.8. The fourth-order valence-corrected chi connectivity index (χ4v) is 1.74. The van der Waals surface area contributed by atoms with Gasteiger partial charge in [0.25, 0.3) is 0 Å². The van der Waals surface area contributed by atoms with Crippen molar-refractivity contribution < 1.29 is 0 Å². The van der Waals surface area contributed by atoms with Crippen LogP contribution in [0.15, 0.2) is 30.3 Å². The largest absolute Gasteiger partial charge is 0.308 e. The maximum atomic E-state index is 8.83. The molecule has 0 heterocycles. The van der Waals surface area contributed by atoms with Gasteiger partial charge in [-0.05, 0) is 11.8 Å². The van der Waals surface area contributed by atoms with E-state index in [1.165, 1.54) is 5.56 Å². The van der Waals surface area contributed by atoms with Crippen LogP contribution in [0.1, 0.15) is 24.9 Å². The van der Waals surface area contributed by atoms with Crippen molar-refractivity contribution in [3.05, 3.63) is 35.9 Å². The Morgan fingerprint density at radius 2 is 2.06 bits per heavy atom. The topological polar surface area (TPSA) is 35.8 Å². The predicted octanol–water partition coefficient (Wildman–Crippen LogP) is 2.98. The molecule has 0 aliphatic carbocycles. The smallest absolute Gasteiger partial charge is 0.0641 e. The van der Waals surface area contributed by atoms with E-state index in [9.17, 15) is 0 Å². The molecule has 0 aliphatic heterocycles. The molecular weight excluding hydrogens is 216 g/mol. The van der Waals surface area contributed by atoms with Crippen LogP contribution in [-0.4, -0.2) is 18.1 Å². The molecule has 16 heavy (non-hydrogen) atoms. The van der Waals surface area contributed by atoms with Crippen LogP contribution in [0.5, 0.6) is 0 Å². The zero-order valence-electron chi connectivity index (χ0n) is 9.81. The lowest BCUT2D eigenvalue weighted by Crippen LogP contribution is -2.27. The van der Waals surface area contributed by atoms with E-state index < -0.39 is 0 Å². The first kappa shape index (κ1) is 13.1. The highest BCUT2D eigenvalue weighted by molar-refractivity contribution is 7.99. The first-order valence-electron chi connectivity index (χ1n) is 5.46. The summed E-state index contributed by atoms with van der Waals surface area (Å²) in [6, 6.07) is 12.6. The number of nitriles is 1. The van der Waals surface area contributed by atoms with Crippen LogP contribution < -0.4 is 5.32 Å². The lowest BCUT2D eigenvalue weighted by atomic mass is 10.0. The number of hydrogen-bond acceptors (Lipinski definition) is 3. The number of benzene rings is 1. The van der Waals surface area contributed by atoms with Gasteiger partial charge in [0.05, 0.1) is 12.5 Å². The van der Waals surface area contributed by atoms with Gasteiger partial charge < -0.3 is 5.32 Å². The van der Waals surface area contributed by atoms with Crippen molar-refractivity contribution in [1.82, 2.24) is 5.32 Å². The number of rotatable bonds is 6. The van der Waals surface area contributed by atoms with E-state index >= 15 is 0 Å². The lowest BCUT2D eigenvalue weighted by molar-refractivity contribution is 0.545. The molecule has 2 atom stereocenters. The van der Waals surface area contributed by atoms with Crippen LogP contribution >= 0.6 is 11.8 Å². The Morgan fingerprint density at radius 1 is 1.38 bits per heavy atom. The Kier molecular flexibility index (Phi) is 5.99. The van der Waals surface area contributed by atoms with Crippen LogP contribution in [-0.2, 0) is 0 Å². The van der Waals surface area contributed by atoms with Crippen molar-refractivity contribution in [3.8, 4) is 6.07 Å². The second-order valence-corrected chi connectivity index (χ2v) is 5.06. The fourth-order valence-electron chi connectivity index (χ4n) is 1.48. The number of nitrogens with zero attached hydrogens (tertiary/aromatic N) is 1. The van der Waals surface area contributed by atoms with E-state index in [1.807, 2.05) is 30.0 Å². The van der Waals surface area contributed by atoms with Crippen LogP contribution in [0.3, 0.4) is 0 Å². The molecule has 0 amide bonds. The van der Waals surface area contributed by atoms with E-state index in [2.05, 4.69) is 36.7 Å². The van der Waals surface area contributed by atoms with Gasteiger partial charge in [0.2, 0.25) is 0 Å². The third kappa shape index (κ3) is 4.26. The molecule has 0 radical (unpaired) electrons. The van der Waals surface area contributed by atoms with Crippen LogP contribution in [0.2, 0.25) is 0 Å². The Balaban J connectivity index is 2.58. The summed E-state index contributed by atoms with van der Waals surface area (Å²) in [5.41, 5.74) is 1.19. The molecule has 86 valence electrons. The van der Waals surface area contributed by atoms with Crippen molar-refractivity contribution in [2.24, 2.45) is 0 Å². The highest BCUT2D eigenvalue weighted by Gasteiger charge is 2.11. The van der Waals surface area contributed by atoms with E-state index in [0.717, 1.165) is 6.54 Å². The fraction of sp³-hybridized carbons (Fsp3) is 0.462.